The van der Waals surface area contributed by atoms with Gasteiger partial charge in [-0.25, -0.2) is 4.39 Å². The molecule has 0 unspecified atom stereocenters. The summed E-state index contributed by atoms with van der Waals surface area (Å²) in [4.78, 5) is 0. The van der Waals surface area contributed by atoms with Crippen LogP contribution in [0.25, 0.3) is 0 Å². The SMILES string of the molecule is COc1cc(Nc2cc(Cl)c(Cl)cc2N)ccc1F. The summed E-state index contributed by atoms with van der Waals surface area (Å²) in [7, 11) is 1.40. The van der Waals surface area contributed by atoms with Gasteiger partial charge in [0.2, 0.25) is 0 Å². The van der Waals surface area contributed by atoms with E-state index in [1.165, 1.54) is 19.2 Å². The summed E-state index contributed by atoms with van der Waals surface area (Å²) in [6.07, 6.45) is 0. The van der Waals surface area contributed by atoms with Crippen LogP contribution in [0.1, 0.15) is 0 Å². The summed E-state index contributed by atoms with van der Waals surface area (Å²) < 4.78 is 18.2. The van der Waals surface area contributed by atoms with Crippen molar-refractivity contribution in [3.8, 4) is 5.75 Å². The van der Waals surface area contributed by atoms with Gasteiger partial charge in [0, 0.05) is 11.8 Å². The van der Waals surface area contributed by atoms with Crippen molar-refractivity contribution in [1.82, 2.24) is 0 Å². The number of hydrogen-bond acceptors (Lipinski definition) is 3. The molecular weight excluding hydrogens is 290 g/mol. The summed E-state index contributed by atoms with van der Waals surface area (Å²) >= 11 is 11.8. The summed E-state index contributed by atoms with van der Waals surface area (Å²) in [6, 6.07) is 7.55. The van der Waals surface area contributed by atoms with E-state index in [1.54, 1.807) is 18.2 Å². The van der Waals surface area contributed by atoms with Crippen molar-refractivity contribution in [2.75, 3.05) is 18.2 Å². The molecule has 2 aromatic carbocycles. The number of benzene rings is 2. The summed E-state index contributed by atoms with van der Waals surface area (Å²) in [5.74, 6) is -0.293. The first-order chi connectivity index (χ1) is 9.01. The minimum absolute atomic E-state index is 0.142. The zero-order valence-electron chi connectivity index (χ0n) is 10.0. The Hall–Kier alpha value is -1.65. The molecular formula is C13H11Cl2FN2O. The lowest BCUT2D eigenvalue weighted by molar-refractivity contribution is 0.387. The van der Waals surface area contributed by atoms with Crippen molar-refractivity contribution >= 4 is 40.3 Å². The van der Waals surface area contributed by atoms with Crippen molar-refractivity contribution in [3.63, 3.8) is 0 Å². The Bertz CT molecular complexity index is 620. The smallest absolute Gasteiger partial charge is 0.165 e. The molecule has 2 aromatic rings. The number of nitrogens with one attached hydrogen (secondary N) is 1. The van der Waals surface area contributed by atoms with Gasteiger partial charge in [-0.15, -0.1) is 0 Å². The van der Waals surface area contributed by atoms with Gasteiger partial charge >= 0.3 is 0 Å². The molecule has 0 aliphatic heterocycles. The third-order valence-corrected chi connectivity index (χ3v) is 3.24. The molecule has 0 bridgehead atoms. The van der Waals surface area contributed by atoms with E-state index in [1.807, 2.05) is 0 Å². The first-order valence-electron chi connectivity index (χ1n) is 5.36. The van der Waals surface area contributed by atoms with Gasteiger partial charge < -0.3 is 15.8 Å². The Morgan fingerprint density at radius 3 is 2.53 bits per heavy atom. The molecule has 100 valence electrons. The van der Waals surface area contributed by atoms with Gasteiger partial charge in [-0.3, -0.25) is 0 Å². The fourth-order valence-corrected chi connectivity index (χ4v) is 1.90. The molecule has 0 fully saturated rings. The molecule has 3 nitrogen and oxygen atoms in total. The van der Waals surface area contributed by atoms with Crippen molar-refractivity contribution in [2.24, 2.45) is 0 Å². The van der Waals surface area contributed by atoms with Gasteiger partial charge in [0.25, 0.3) is 0 Å². The third kappa shape index (κ3) is 3.03. The first-order valence-corrected chi connectivity index (χ1v) is 6.12. The molecule has 6 heteroatoms. The zero-order valence-corrected chi connectivity index (χ0v) is 11.5. The molecule has 0 spiro atoms. The van der Waals surface area contributed by atoms with Crippen LogP contribution in [-0.4, -0.2) is 7.11 Å². The highest BCUT2D eigenvalue weighted by molar-refractivity contribution is 6.42. The van der Waals surface area contributed by atoms with Crippen LogP contribution < -0.4 is 15.8 Å². The molecule has 2 rings (SSSR count). The lowest BCUT2D eigenvalue weighted by Gasteiger charge is -2.12. The van der Waals surface area contributed by atoms with Gasteiger partial charge in [-0.2, -0.15) is 0 Å². The molecule has 0 aromatic heterocycles. The van der Waals surface area contributed by atoms with Crippen LogP contribution >= 0.6 is 23.2 Å². The highest BCUT2D eigenvalue weighted by atomic mass is 35.5. The number of hydrogen-bond donors (Lipinski definition) is 2. The number of rotatable bonds is 3. The second kappa shape index (κ2) is 5.55. The van der Waals surface area contributed by atoms with E-state index in [2.05, 4.69) is 5.32 Å². The first kappa shape index (κ1) is 13.8. The Labute approximate surface area is 120 Å². The van der Waals surface area contributed by atoms with E-state index in [0.717, 1.165) is 0 Å². The number of nitrogen functional groups attached to an aromatic ring is 1. The average molecular weight is 301 g/mol. The molecule has 0 saturated carbocycles. The van der Waals surface area contributed by atoms with Crippen LogP contribution in [-0.2, 0) is 0 Å². The molecule has 0 radical (unpaired) electrons. The maximum absolute atomic E-state index is 13.3. The Morgan fingerprint density at radius 2 is 1.84 bits per heavy atom. The molecule has 3 N–H and O–H groups in total. The van der Waals surface area contributed by atoms with E-state index in [4.69, 9.17) is 33.7 Å². The average Bonchev–Trinajstić information content (AvgIpc) is 2.38. The van der Waals surface area contributed by atoms with Crippen molar-refractivity contribution in [1.29, 1.82) is 0 Å². The van der Waals surface area contributed by atoms with E-state index in [9.17, 15) is 4.39 Å². The van der Waals surface area contributed by atoms with Crippen LogP contribution in [0.5, 0.6) is 5.75 Å². The second-order valence-electron chi connectivity index (χ2n) is 3.83. The Kier molecular flexibility index (Phi) is 4.02. The van der Waals surface area contributed by atoms with Crippen LogP contribution in [0.15, 0.2) is 30.3 Å². The molecule has 0 amide bonds. The number of halogens is 3. The fraction of sp³-hybridized carbons (Fsp3) is 0.0769. The molecule has 0 aliphatic rings. The maximum atomic E-state index is 13.3. The topological polar surface area (TPSA) is 47.3 Å². The highest BCUT2D eigenvalue weighted by Gasteiger charge is 2.08. The van der Waals surface area contributed by atoms with Crippen LogP contribution in [0, 0.1) is 5.82 Å². The van der Waals surface area contributed by atoms with Crippen LogP contribution in [0.2, 0.25) is 10.0 Å². The van der Waals surface area contributed by atoms with Crippen molar-refractivity contribution in [3.05, 3.63) is 46.2 Å². The van der Waals surface area contributed by atoms with E-state index in [-0.39, 0.29) is 5.75 Å². The van der Waals surface area contributed by atoms with E-state index < -0.39 is 5.82 Å². The Morgan fingerprint density at radius 1 is 1.16 bits per heavy atom. The van der Waals surface area contributed by atoms with E-state index in [0.29, 0.717) is 27.1 Å². The highest BCUT2D eigenvalue weighted by Crippen LogP contribution is 2.33. The van der Waals surface area contributed by atoms with Gasteiger partial charge in [-0.1, -0.05) is 23.2 Å². The van der Waals surface area contributed by atoms with Gasteiger partial charge in [0.15, 0.2) is 11.6 Å². The monoisotopic (exact) mass is 300 g/mol. The Balaban J connectivity index is 2.33. The number of anilines is 3. The molecule has 19 heavy (non-hydrogen) atoms. The predicted octanol–water partition coefficient (Wildman–Crippen LogP) is 4.47. The second-order valence-corrected chi connectivity index (χ2v) is 4.64. The van der Waals surface area contributed by atoms with Crippen molar-refractivity contribution in [2.45, 2.75) is 0 Å². The minimum atomic E-state index is -0.435. The quantitative estimate of drug-likeness (QED) is 0.822. The standard InChI is InChI=1S/C13H11Cl2FN2O/c1-19-13-4-7(2-3-10(13)16)18-12-6-9(15)8(14)5-11(12)17/h2-6,18H,17H2,1H3. The van der Waals surface area contributed by atoms with E-state index >= 15 is 0 Å². The predicted molar refractivity (Wildman–Crippen MR) is 77.1 cm³/mol. The summed E-state index contributed by atoms with van der Waals surface area (Å²) in [5.41, 5.74) is 7.48. The fourth-order valence-electron chi connectivity index (χ4n) is 1.56. The number of nitrogens with two attached hydrogens (primary N) is 1. The molecule has 0 aliphatic carbocycles. The van der Waals surface area contributed by atoms with Crippen LogP contribution in [0.4, 0.5) is 21.5 Å². The summed E-state index contributed by atoms with van der Waals surface area (Å²) in [5, 5.41) is 3.79. The maximum Gasteiger partial charge on any atom is 0.165 e. The number of ether oxygens (including phenoxy) is 1. The molecule has 0 saturated heterocycles. The van der Waals surface area contributed by atoms with Gasteiger partial charge in [-0.05, 0) is 24.3 Å². The van der Waals surface area contributed by atoms with Crippen LogP contribution in [0.3, 0.4) is 0 Å². The lowest BCUT2D eigenvalue weighted by Crippen LogP contribution is -1.97. The number of methoxy groups -OCH3 is 1. The van der Waals surface area contributed by atoms with Gasteiger partial charge in [0.05, 0.1) is 28.5 Å². The van der Waals surface area contributed by atoms with Gasteiger partial charge in [0.1, 0.15) is 0 Å². The lowest BCUT2D eigenvalue weighted by atomic mass is 10.2. The third-order valence-electron chi connectivity index (χ3n) is 2.52. The largest absolute Gasteiger partial charge is 0.494 e. The van der Waals surface area contributed by atoms with Crippen molar-refractivity contribution < 1.29 is 9.13 Å². The zero-order chi connectivity index (χ0) is 14.0. The minimum Gasteiger partial charge on any atom is -0.494 e. The normalized spacial score (nSPS) is 10.3. The summed E-state index contributed by atoms with van der Waals surface area (Å²) in [6.45, 7) is 0. The molecule has 0 heterocycles. The molecule has 0 atom stereocenters.